The van der Waals surface area contributed by atoms with Gasteiger partial charge in [0.15, 0.2) is 0 Å². The van der Waals surface area contributed by atoms with E-state index in [0.29, 0.717) is 32.5 Å². The zero-order chi connectivity index (χ0) is 17.6. The van der Waals surface area contributed by atoms with Gasteiger partial charge in [-0.05, 0) is 31.9 Å². The molecule has 0 spiro atoms. The van der Waals surface area contributed by atoms with Gasteiger partial charge in [-0.1, -0.05) is 12.1 Å². The molecule has 0 radical (unpaired) electrons. The van der Waals surface area contributed by atoms with Crippen LogP contribution in [0.5, 0.6) is 0 Å². The number of benzene rings is 1. The van der Waals surface area contributed by atoms with Crippen LogP contribution in [0.15, 0.2) is 24.3 Å². The highest BCUT2D eigenvalue weighted by atomic mass is 16.6. The number of hydrogen-bond acceptors (Lipinski definition) is 4. The maximum Gasteiger partial charge on any atom is 0.409 e. The highest BCUT2D eigenvalue weighted by molar-refractivity contribution is 5.77. The number of ether oxygens (including phenoxy) is 1. The van der Waals surface area contributed by atoms with Crippen molar-refractivity contribution in [1.82, 2.24) is 20.2 Å². The fourth-order valence-corrected chi connectivity index (χ4v) is 3.08. The van der Waals surface area contributed by atoms with Gasteiger partial charge in [-0.2, -0.15) is 0 Å². The molecule has 134 valence electrons. The third-order valence-corrected chi connectivity index (χ3v) is 4.41. The number of amides is 2. The molecule has 1 aromatic carbocycles. The topological polar surface area (TPSA) is 87.3 Å². The Kier molecular flexibility index (Phi) is 5.53. The van der Waals surface area contributed by atoms with Gasteiger partial charge in [0.25, 0.3) is 0 Å². The number of nitrogens with one attached hydrogen (secondary N) is 2. The molecule has 1 fully saturated rings. The molecular weight excluding hydrogens is 320 g/mol. The van der Waals surface area contributed by atoms with Crippen LogP contribution in [-0.4, -0.2) is 52.6 Å². The smallest absolute Gasteiger partial charge is 0.409 e. The molecule has 7 heteroatoms. The summed E-state index contributed by atoms with van der Waals surface area (Å²) in [6.07, 6.45) is 2.24. The molecule has 1 aliphatic heterocycles. The first kappa shape index (κ1) is 17.3. The maximum atomic E-state index is 12.2. The van der Waals surface area contributed by atoms with Gasteiger partial charge in [-0.25, -0.2) is 9.78 Å². The quantitative estimate of drug-likeness (QED) is 0.871. The van der Waals surface area contributed by atoms with Crippen molar-refractivity contribution in [3.8, 4) is 0 Å². The zero-order valence-electron chi connectivity index (χ0n) is 14.5. The van der Waals surface area contributed by atoms with Gasteiger partial charge >= 0.3 is 6.09 Å². The van der Waals surface area contributed by atoms with E-state index in [1.165, 1.54) is 0 Å². The van der Waals surface area contributed by atoms with Crippen LogP contribution in [0.2, 0.25) is 0 Å². The molecular formula is C18H24N4O3. The Hall–Kier alpha value is -2.57. The van der Waals surface area contributed by atoms with Crippen molar-refractivity contribution in [1.29, 1.82) is 0 Å². The lowest BCUT2D eigenvalue weighted by atomic mass is 10.1. The summed E-state index contributed by atoms with van der Waals surface area (Å²) in [5, 5.41) is 3.05. The number of nitrogens with zero attached hydrogens (tertiary/aromatic N) is 2. The van der Waals surface area contributed by atoms with E-state index >= 15 is 0 Å². The molecule has 2 amide bonds. The molecule has 3 rings (SSSR count). The van der Waals surface area contributed by atoms with E-state index in [1.807, 2.05) is 24.3 Å². The first-order valence-electron chi connectivity index (χ1n) is 8.80. The van der Waals surface area contributed by atoms with E-state index in [4.69, 9.17) is 4.74 Å². The van der Waals surface area contributed by atoms with Crippen LogP contribution in [0, 0.1) is 0 Å². The Morgan fingerprint density at radius 3 is 2.80 bits per heavy atom. The average Bonchev–Trinajstić information content (AvgIpc) is 3.04. The molecule has 2 heterocycles. The predicted molar refractivity (Wildman–Crippen MR) is 94.2 cm³/mol. The minimum atomic E-state index is -0.267. The Morgan fingerprint density at radius 2 is 2.08 bits per heavy atom. The van der Waals surface area contributed by atoms with E-state index in [-0.39, 0.29) is 18.0 Å². The summed E-state index contributed by atoms with van der Waals surface area (Å²) in [6, 6.07) is 7.95. The van der Waals surface area contributed by atoms with Gasteiger partial charge in [-0.3, -0.25) is 4.79 Å². The van der Waals surface area contributed by atoms with Crippen LogP contribution in [0.1, 0.15) is 32.0 Å². The van der Waals surface area contributed by atoms with Crippen molar-refractivity contribution in [3.05, 3.63) is 30.1 Å². The Labute approximate surface area is 146 Å². The van der Waals surface area contributed by atoms with E-state index in [2.05, 4.69) is 15.3 Å². The lowest BCUT2D eigenvalue weighted by Gasteiger charge is -2.31. The molecule has 0 unspecified atom stereocenters. The van der Waals surface area contributed by atoms with E-state index in [9.17, 15) is 9.59 Å². The number of H-pyrrole nitrogens is 1. The Morgan fingerprint density at radius 1 is 1.32 bits per heavy atom. The molecule has 0 atom stereocenters. The summed E-state index contributed by atoms with van der Waals surface area (Å²) in [4.78, 5) is 33.2. The van der Waals surface area contributed by atoms with Crippen LogP contribution in [0.3, 0.4) is 0 Å². The van der Waals surface area contributed by atoms with Crippen LogP contribution in [0.25, 0.3) is 11.0 Å². The summed E-state index contributed by atoms with van der Waals surface area (Å²) in [5.74, 6) is 0.850. The Balaban J connectivity index is 1.42. The van der Waals surface area contributed by atoms with Crippen molar-refractivity contribution in [2.45, 2.75) is 38.6 Å². The first-order chi connectivity index (χ1) is 12.2. The Bertz CT molecular complexity index is 702. The van der Waals surface area contributed by atoms with Gasteiger partial charge in [0.05, 0.1) is 17.6 Å². The minimum Gasteiger partial charge on any atom is -0.450 e. The average molecular weight is 344 g/mol. The van der Waals surface area contributed by atoms with Gasteiger partial charge in [0.2, 0.25) is 5.91 Å². The van der Waals surface area contributed by atoms with Crippen LogP contribution >= 0.6 is 0 Å². The standard InChI is InChI=1S/C18H24N4O3/c1-2-25-18(24)22-11-9-13(10-12-22)19-17(23)8-7-16-20-14-5-3-4-6-15(14)21-16/h3-6,13H,2,7-12H2,1H3,(H,19,23)(H,20,21). The number of rotatable bonds is 5. The lowest BCUT2D eigenvalue weighted by Crippen LogP contribution is -2.46. The second-order valence-electron chi connectivity index (χ2n) is 6.23. The number of imidazole rings is 1. The molecule has 2 aromatic rings. The van der Waals surface area contributed by atoms with E-state index < -0.39 is 0 Å². The van der Waals surface area contributed by atoms with Gasteiger partial charge in [0.1, 0.15) is 5.82 Å². The molecule has 0 aliphatic carbocycles. The molecule has 1 aromatic heterocycles. The summed E-state index contributed by atoms with van der Waals surface area (Å²) < 4.78 is 5.00. The number of aryl methyl sites for hydroxylation is 1. The fourth-order valence-electron chi connectivity index (χ4n) is 3.08. The molecule has 1 aliphatic rings. The third kappa shape index (κ3) is 4.49. The molecule has 1 saturated heterocycles. The SMILES string of the molecule is CCOC(=O)N1CCC(NC(=O)CCc2nc3ccccc3[nH]2)CC1. The second-order valence-corrected chi connectivity index (χ2v) is 6.23. The summed E-state index contributed by atoms with van der Waals surface area (Å²) in [7, 11) is 0. The molecule has 0 bridgehead atoms. The second kappa shape index (κ2) is 8.00. The number of piperidine rings is 1. The number of aromatic nitrogens is 2. The van der Waals surface area contributed by atoms with Crippen molar-refractivity contribution < 1.29 is 14.3 Å². The number of aromatic amines is 1. The molecule has 7 nitrogen and oxygen atoms in total. The largest absolute Gasteiger partial charge is 0.450 e. The fraction of sp³-hybridized carbons (Fsp3) is 0.500. The number of para-hydroxylation sites is 2. The van der Waals surface area contributed by atoms with Crippen molar-refractivity contribution in [2.75, 3.05) is 19.7 Å². The summed E-state index contributed by atoms with van der Waals surface area (Å²) in [5.41, 5.74) is 1.91. The summed E-state index contributed by atoms with van der Waals surface area (Å²) >= 11 is 0. The van der Waals surface area contributed by atoms with Crippen molar-refractivity contribution in [3.63, 3.8) is 0 Å². The number of carbonyl (C=O) groups is 2. The van der Waals surface area contributed by atoms with E-state index in [0.717, 1.165) is 29.7 Å². The maximum absolute atomic E-state index is 12.2. The minimum absolute atomic E-state index is 0.0232. The van der Waals surface area contributed by atoms with Crippen molar-refractivity contribution >= 4 is 23.0 Å². The number of hydrogen-bond donors (Lipinski definition) is 2. The van der Waals surface area contributed by atoms with Crippen LogP contribution in [-0.2, 0) is 16.0 Å². The lowest BCUT2D eigenvalue weighted by molar-refractivity contribution is -0.122. The third-order valence-electron chi connectivity index (χ3n) is 4.41. The normalized spacial score (nSPS) is 15.3. The van der Waals surface area contributed by atoms with Gasteiger partial charge < -0.3 is 19.9 Å². The zero-order valence-corrected chi connectivity index (χ0v) is 14.5. The van der Waals surface area contributed by atoms with E-state index in [1.54, 1.807) is 11.8 Å². The van der Waals surface area contributed by atoms with Crippen molar-refractivity contribution in [2.24, 2.45) is 0 Å². The molecule has 25 heavy (non-hydrogen) atoms. The highest BCUT2D eigenvalue weighted by Gasteiger charge is 2.24. The number of likely N-dealkylation sites (tertiary alicyclic amines) is 1. The number of carbonyl (C=O) groups excluding carboxylic acids is 2. The molecule has 0 saturated carbocycles. The number of fused-ring (bicyclic) bond motifs is 1. The molecule has 2 N–H and O–H groups in total. The van der Waals surface area contributed by atoms with Gasteiger partial charge in [0, 0.05) is 32.0 Å². The van der Waals surface area contributed by atoms with Gasteiger partial charge in [-0.15, -0.1) is 0 Å². The monoisotopic (exact) mass is 344 g/mol. The predicted octanol–water partition coefficient (Wildman–Crippen LogP) is 2.23. The highest BCUT2D eigenvalue weighted by Crippen LogP contribution is 2.13. The summed E-state index contributed by atoms with van der Waals surface area (Å²) in [6.45, 7) is 3.42. The van der Waals surface area contributed by atoms with Crippen LogP contribution < -0.4 is 5.32 Å². The van der Waals surface area contributed by atoms with Crippen LogP contribution in [0.4, 0.5) is 4.79 Å². The first-order valence-corrected chi connectivity index (χ1v) is 8.80.